The van der Waals surface area contributed by atoms with Gasteiger partial charge in [-0.15, -0.1) is 0 Å². The number of H-pyrrole nitrogens is 1. The number of hydrogen-bond acceptors (Lipinski definition) is 4. The molecule has 0 saturated heterocycles. The molecule has 0 aliphatic rings. The number of hydrogen-bond donors (Lipinski definition) is 2. The quantitative estimate of drug-likeness (QED) is 0.512. The molecule has 136 valence electrons. The summed E-state index contributed by atoms with van der Waals surface area (Å²) in [6.07, 6.45) is 1.44. The summed E-state index contributed by atoms with van der Waals surface area (Å²) in [5.74, 6) is -1.53. The summed E-state index contributed by atoms with van der Waals surface area (Å²) in [6, 6.07) is 15.9. The van der Waals surface area contributed by atoms with Gasteiger partial charge < -0.3 is 15.0 Å². The summed E-state index contributed by atoms with van der Waals surface area (Å²) >= 11 is 0. The molecule has 0 spiro atoms. The number of anilines is 1. The highest BCUT2D eigenvalue weighted by Crippen LogP contribution is 2.22. The van der Waals surface area contributed by atoms with Crippen LogP contribution in [-0.4, -0.2) is 26.9 Å². The summed E-state index contributed by atoms with van der Waals surface area (Å²) in [5, 5.41) is 19.9. The van der Waals surface area contributed by atoms with Gasteiger partial charge in [-0.2, -0.15) is 0 Å². The Labute approximate surface area is 153 Å². The van der Waals surface area contributed by atoms with Crippen LogP contribution in [0, 0.1) is 10.1 Å². The lowest BCUT2D eigenvalue weighted by molar-refractivity contribution is -0.384. The number of aromatic amines is 1. The van der Waals surface area contributed by atoms with Crippen molar-refractivity contribution in [3.8, 4) is 0 Å². The van der Waals surface area contributed by atoms with E-state index in [1.54, 1.807) is 0 Å². The molecule has 0 fully saturated rings. The Hall–Kier alpha value is -3.94. The topological polar surface area (TPSA) is 117 Å². The molecule has 0 bridgehead atoms. The van der Waals surface area contributed by atoms with Crippen molar-refractivity contribution in [2.75, 3.05) is 4.90 Å². The lowest BCUT2D eigenvalue weighted by Gasteiger charge is -2.21. The molecule has 0 unspecified atom stereocenters. The first kappa shape index (κ1) is 17.9. The van der Waals surface area contributed by atoms with Crippen LogP contribution in [0.4, 0.5) is 11.4 Å². The molecule has 2 aromatic carbocycles. The average Bonchev–Trinajstić information content (AvgIpc) is 3.17. The van der Waals surface area contributed by atoms with E-state index in [-0.39, 0.29) is 23.5 Å². The molecule has 27 heavy (non-hydrogen) atoms. The minimum atomic E-state index is -1.14. The molecule has 0 saturated carbocycles. The number of rotatable bonds is 6. The van der Waals surface area contributed by atoms with Crippen LogP contribution in [0.2, 0.25) is 0 Å². The second-order valence-electron chi connectivity index (χ2n) is 5.76. The third-order valence-electron chi connectivity index (χ3n) is 3.96. The van der Waals surface area contributed by atoms with Crippen LogP contribution < -0.4 is 4.90 Å². The smallest absolute Gasteiger partial charge is 0.352 e. The number of carboxylic acid groups (broad SMARTS) is 1. The highest BCUT2D eigenvalue weighted by molar-refractivity contribution is 6.06. The molecule has 0 atom stereocenters. The largest absolute Gasteiger partial charge is 0.477 e. The Morgan fingerprint density at radius 1 is 1.07 bits per heavy atom. The van der Waals surface area contributed by atoms with Crippen LogP contribution in [0.25, 0.3) is 0 Å². The fourth-order valence-electron chi connectivity index (χ4n) is 2.59. The molecule has 0 aliphatic carbocycles. The van der Waals surface area contributed by atoms with Crippen LogP contribution in [0.1, 0.15) is 26.4 Å². The molecule has 0 aliphatic heterocycles. The number of aromatic carboxylic acids is 1. The molecule has 8 heteroatoms. The van der Waals surface area contributed by atoms with Crippen molar-refractivity contribution in [1.82, 2.24) is 4.98 Å². The summed E-state index contributed by atoms with van der Waals surface area (Å²) in [6.45, 7) is 0.216. The Morgan fingerprint density at radius 2 is 1.74 bits per heavy atom. The van der Waals surface area contributed by atoms with Gasteiger partial charge in [-0.05, 0) is 23.8 Å². The summed E-state index contributed by atoms with van der Waals surface area (Å²) in [5.41, 5.74) is 1.34. The fourth-order valence-corrected chi connectivity index (χ4v) is 2.59. The zero-order valence-electron chi connectivity index (χ0n) is 14.0. The fraction of sp³-hybridized carbons (Fsp3) is 0.0526. The third kappa shape index (κ3) is 4.01. The number of amides is 1. The number of carbonyl (C=O) groups is 2. The normalized spacial score (nSPS) is 10.4. The van der Waals surface area contributed by atoms with E-state index in [2.05, 4.69) is 4.98 Å². The van der Waals surface area contributed by atoms with Crippen LogP contribution in [-0.2, 0) is 6.54 Å². The predicted octanol–water partition coefficient (Wildman–Crippen LogP) is 3.47. The number of benzene rings is 2. The number of carbonyl (C=O) groups excluding carboxylic acids is 1. The lowest BCUT2D eigenvalue weighted by atomic mass is 10.1. The van der Waals surface area contributed by atoms with Crippen LogP contribution in [0.15, 0.2) is 66.9 Å². The molecule has 1 amide bonds. The molecule has 3 aromatic rings. The lowest BCUT2D eigenvalue weighted by Crippen LogP contribution is -2.30. The third-order valence-corrected chi connectivity index (χ3v) is 3.96. The Bertz CT molecular complexity index is 980. The Morgan fingerprint density at radius 3 is 2.30 bits per heavy atom. The van der Waals surface area contributed by atoms with Crippen molar-refractivity contribution in [3.05, 3.63) is 93.8 Å². The van der Waals surface area contributed by atoms with Gasteiger partial charge in [-0.25, -0.2) is 4.79 Å². The van der Waals surface area contributed by atoms with Gasteiger partial charge in [-0.3, -0.25) is 14.9 Å². The summed E-state index contributed by atoms with van der Waals surface area (Å²) < 4.78 is 0. The number of nitrogens with zero attached hydrogens (tertiary/aromatic N) is 2. The van der Waals surface area contributed by atoms with E-state index in [0.717, 1.165) is 5.56 Å². The first-order valence-corrected chi connectivity index (χ1v) is 7.97. The van der Waals surface area contributed by atoms with Gasteiger partial charge in [0.2, 0.25) is 0 Å². The van der Waals surface area contributed by atoms with Crippen molar-refractivity contribution in [2.45, 2.75) is 6.54 Å². The maximum absolute atomic E-state index is 13.0. The first-order chi connectivity index (χ1) is 13.0. The molecule has 2 N–H and O–H groups in total. The monoisotopic (exact) mass is 365 g/mol. The van der Waals surface area contributed by atoms with Gasteiger partial charge in [0, 0.05) is 23.9 Å². The predicted molar refractivity (Wildman–Crippen MR) is 97.8 cm³/mol. The zero-order valence-corrected chi connectivity index (χ0v) is 14.0. The van der Waals surface area contributed by atoms with E-state index >= 15 is 0 Å². The number of nitrogens with one attached hydrogen (secondary N) is 1. The zero-order chi connectivity index (χ0) is 19.4. The molecule has 3 rings (SSSR count). The SMILES string of the molecule is O=C(O)c1cc(N(Cc2ccccc2)C(=O)c2ccc([N+](=O)[O-])cc2)c[nH]1. The molecular weight excluding hydrogens is 350 g/mol. The minimum absolute atomic E-state index is 0.0421. The summed E-state index contributed by atoms with van der Waals surface area (Å²) in [7, 11) is 0. The molecular formula is C19H15N3O5. The van der Waals surface area contributed by atoms with Crippen LogP contribution in [0.5, 0.6) is 0 Å². The Balaban J connectivity index is 1.95. The van der Waals surface area contributed by atoms with Gasteiger partial charge in [0.1, 0.15) is 5.69 Å². The van der Waals surface area contributed by atoms with E-state index in [1.165, 1.54) is 41.4 Å². The maximum Gasteiger partial charge on any atom is 0.352 e. The van der Waals surface area contributed by atoms with E-state index in [4.69, 9.17) is 5.11 Å². The maximum atomic E-state index is 13.0. The number of carboxylic acids is 1. The van der Waals surface area contributed by atoms with Crippen molar-refractivity contribution in [2.24, 2.45) is 0 Å². The first-order valence-electron chi connectivity index (χ1n) is 7.97. The van der Waals surface area contributed by atoms with Crippen LogP contribution >= 0.6 is 0 Å². The van der Waals surface area contributed by atoms with E-state index in [9.17, 15) is 19.7 Å². The number of nitro benzene ring substituents is 1. The highest BCUT2D eigenvalue weighted by Gasteiger charge is 2.21. The second-order valence-corrected chi connectivity index (χ2v) is 5.76. The second kappa shape index (κ2) is 7.52. The number of non-ortho nitro benzene ring substituents is 1. The number of nitro groups is 1. The van der Waals surface area contributed by atoms with Gasteiger partial charge in [0.15, 0.2) is 0 Å². The van der Waals surface area contributed by atoms with Crippen molar-refractivity contribution >= 4 is 23.3 Å². The minimum Gasteiger partial charge on any atom is -0.477 e. The molecule has 8 nitrogen and oxygen atoms in total. The van der Waals surface area contributed by atoms with Gasteiger partial charge in [0.25, 0.3) is 11.6 Å². The van der Waals surface area contributed by atoms with Crippen molar-refractivity contribution in [3.63, 3.8) is 0 Å². The highest BCUT2D eigenvalue weighted by atomic mass is 16.6. The van der Waals surface area contributed by atoms with Gasteiger partial charge in [-0.1, -0.05) is 30.3 Å². The van der Waals surface area contributed by atoms with Crippen molar-refractivity contribution in [1.29, 1.82) is 0 Å². The number of aromatic nitrogens is 1. The van der Waals surface area contributed by atoms with E-state index in [0.29, 0.717) is 5.69 Å². The van der Waals surface area contributed by atoms with Crippen molar-refractivity contribution < 1.29 is 19.6 Å². The average molecular weight is 365 g/mol. The Kier molecular flexibility index (Phi) is 4.98. The molecule has 0 radical (unpaired) electrons. The van der Waals surface area contributed by atoms with Gasteiger partial charge in [0.05, 0.1) is 17.2 Å². The standard InChI is InChI=1S/C19H15N3O5/c23-18(14-6-8-15(9-7-14)22(26)27)21(12-13-4-2-1-3-5-13)16-10-17(19(24)25)20-11-16/h1-11,20H,12H2,(H,24,25). The van der Waals surface area contributed by atoms with E-state index < -0.39 is 16.8 Å². The molecule has 1 heterocycles. The molecule has 1 aromatic heterocycles. The van der Waals surface area contributed by atoms with E-state index in [1.807, 2.05) is 30.3 Å². The summed E-state index contributed by atoms with van der Waals surface area (Å²) in [4.78, 5) is 38.4. The van der Waals surface area contributed by atoms with Crippen LogP contribution in [0.3, 0.4) is 0 Å². The van der Waals surface area contributed by atoms with Gasteiger partial charge >= 0.3 is 5.97 Å².